The van der Waals surface area contributed by atoms with Crippen LogP contribution >= 0.6 is 0 Å². The van der Waals surface area contributed by atoms with Crippen molar-refractivity contribution in [2.75, 3.05) is 19.6 Å². The first kappa shape index (κ1) is 12.4. The van der Waals surface area contributed by atoms with Gasteiger partial charge in [-0.1, -0.05) is 0 Å². The number of amides is 3. The van der Waals surface area contributed by atoms with Crippen LogP contribution in [0.1, 0.15) is 32.1 Å². The van der Waals surface area contributed by atoms with E-state index < -0.39 is 5.54 Å². The van der Waals surface area contributed by atoms with Gasteiger partial charge < -0.3 is 10.6 Å². The molecule has 0 aromatic rings. The number of urea groups is 1. The number of carbonyl (C=O) groups is 2. The molecule has 3 aliphatic rings. The Morgan fingerprint density at radius 3 is 2.47 bits per heavy atom. The van der Waals surface area contributed by atoms with Crippen LogP contribution in [-0.2, 0) is 4.79 Å². The van der Waals surface area contributed by atoms with Crippen molar-refractivity contribution in [2.24, 2.45) is 5.41 Å². The molecule has 0 radical (unpaired) electrons. The van der Waals surface area contributed by atoms with Crippen LogP contribution in [0.5, 0.6) is 0 Å². The summed E-state index contributed by atoms with van der Waals surface area (Å²) in [5.74, 6) is -0.0942. The molecule has 2 aliphatic heterocycles. The zero-order valence-electron chi connectivity index (χ0n) is 10.9. The van der Waals surface area contributed by atoms with E-state index in [-0.39, 0.29) is 17.4 Å². The highest BCUT2D eigenvalue weighted by molar-refractivity contribution is 6.07. The summed E-state index contributed by atoms with van der Waals surface area (Å²) in [6.45, 7) is 1.91. The predicted molar refractivity (Wildman–Crippen MR) is 67.0 cm³/mol. The minimum absolute atomic E-state index is 0.0942. The molecule has 0 aromatic carbocycles. The molecule has 102 valence electrons. The van der Waals surface area contributed by atoms with Crippen molar-refractivity contribution in [2.45, 2.75) is 37.6 Å². The van der Waals surface area contributed by atoms with Crippen LogP contribution in [0.25, 0.3) is 0 Å². The van der Waals surface area contributed by atoms with E-state index in [1.54, 1.807) is 0 Å². The van der Waals surface area contributed by atoms with Crippen molar-refractivity contribution in [1.82, 2.24) is 15.5 Å². The number of rotatable bonds is 3. The van der Waals surface area contributed by atoms with E-state index in [0.29, 0.717) is 25.8 Å². The van der Waals surface area contributed by atoms with E-state index >= 15 is 0 Å². The first-order chi connectivity index (χ1) is 9.11. The minimum atomic E-state index is -0.689. The third-order valence-electron chi connectivity index (χ3n) is 4.61. The monoisotopic (exact) mass is 262 g/mol. The van der Waals surface area contributed by atoms with Crippen molar-refractivity contribution in [3.05, 3.63) is 0 Å². The van der Waals surface area contributed by atoms with Crippen molar-refractivity contribution in [3.8, 4) is 6.07 Å². The predicted octanol–water partition coefficient (Wildman–Crippen LogP) is 0.354. The molecule has 3 amide bonds. The van der Waals surface area contributed by atoms with Crippen LogP contribution < -0.4 is 10.6 Å². The Labute approximate surface area is 112 Å². The maximum Gasteiger partial charge on any atom is 0.325 e. The Kier molecular flexibility index (Phi) is 2.75. The Bertz CT molecular complexity index is 458. The lowest BCUT2D eigenvalue weighted by atomic mass is 9.88. The van der Waals surface area contributed by atoms with Gasteiger partial charge in [-0.15, -0.1) is 0 Å². The molecule has 2 saturated heterocycles. The van der Waals surface area contributed by atoms with Crippen molar-refractivity contribution >= 4 is 11.9 Å². The van der Waals surface area contributed by atoms with Crippen LogP contribution in [0.15, 0.2) is 0 Å². The lowest BCUT2D eigenvalue weighted by Gasteiger charge is -2.31. The van der Waals surface area contributed by atoms with Crippen LogP contribution in [-0.4, -0.2) is 42.0 Å². The van der Waals surface area contributed by atoms with E-state index in [2.05, 4.69) is 16.7 Å². The summed E-state index contributed by atoms with van der Waals surface area (Å²) in [6.07, 6.45) is 3.61. The number of hydrogen-bond donors (Lipinski definition) is 2. The van der Waals surface area contributed by atoms with E-state index in [9.17, 15) is 9.59 Å². The van der Waals surface area contributed by atoms with Gasteiger partial charge in [-0.05, 0) is 38.8 Å². The number of imide groups is 1. The quantitative estimate of drug-likeness (QED) is 0.719. The highest BCUT2D eigenvalue weighted by atomic mass is 16.2. The van der Waals surface area contributed by atoms with Crippen LogP contribution in [0.2, 0.25) is 0 Å². The fraction of sp³-hybridized carbons (Fsp3) is 0.769. The molecule has 6 heteroatoms. The molecule has 1 aliphatic carbocycles. The number of carbonyl (C=O) groups excluding carboxylic acids is 2. The summed E-state index contributed by atoms with van der Waals surface area (Å²) in [7, 11) is 0. The summed E-state index contributed by atoms with van der Waals surface area (Å²) >= 11 is 0. The first-order valence-corrected chi connectivity index (χ1v) is 6.83. The van der Waals surface area contributed by atoms with Crippen LogP contribution in [0, 0.1) is 16.7 Å². The maximum absolute atomic E-state index is 12.5. The maximum atomic E-state index is 12.5. The second-order valence-corrected chi connectivity index (χ2v) is 5.99. The fourth-order valence-corrected chi connectivity index (χ4v) is 3.08. The Morgan fingerprint density at radius 2 is 1.89 bits per heavy atom. The van der Waals surface area contributed by atoms with Gasteiger partial charge in [0.2, 0.25) is 0 Å². The van der Waals surface area contributed by atoms with Crippen molar-refractivity contribution in [1.29, 1.82) is 5.26 Å². The second-order valence-electron chi connectivity index (χ2n) is 5.99. The molecule has 0 bridgehead atoms. The van der Waals surface area contributed by atoms with E-state index in [1.807, 2.05) is 0 Å². The molecule has 6 nitrogen and oxygen atoms in total. The minimum Gasteiger partial charge on any atom is -0.323 e. The third-order valence-corrected chi connectivity index (χ3v) is 4.61. The molecule has 2 heterocycles. The van der Waals surface area contributed by atoms with Gasteiger partial charge in [0.25, 0.3) is 5.91 Å². The summed E-state index contributed by atoms with van der Waals surface area (Å²) in [5, 5.41) is 14.9. The van der Waals surface area contributed by atoms with E-state index in [4.69, 9.17) is 5.26 Å². The molecular weight excluding hydrogens is 244 g/mol. The molecule has 0 aromatic heterocycles. The standard InChI is InChI=1S/C13H18N4O2/c14-6-3-12(1-2-12)9-17-10(18)13(16-11(17)19)4-7-15-8-5-13/h15H,1-5,7-9H2,(H,16,19). The molecule has 3 fully saturated rings. The van der Waals surface area contributed by atoms with Gasteiger partial charge >= 0.3 is 6.03 Å². The van der Waals surface area contributed by atoms with Crippen LogP contribution in [0.4, 0.5) is 4.79 Å². The molecule has 19 heavy (non-hydrogen) atoms. The molecule has 1 spiro atoms. The zero-order valence-corrected chi connectivity index (χ0v) is 10.9. The molecule has 3 rings (SSSR count). The first-order valence-electron chi connectivity index (χ1n) is 6.83. The van der Waals surface area contributed by atoms with Gasteiger partial charge in [0.05, 0.1) is 6.07 Å². The summed E-state index contributed by atoms with van der Waals surface area (Å²) < 4.78 is 0. The van der Waals surface area contributed by atoms with Crippen molar-refractivity contribution < 1.29 is 9.59 Å². The summed E-state index contributed by atoms with van der Waals surface area (Å²) in [4.78, 5) is 25.9. The average Bonchev–Trinajstić information content (AvgIpc) is 3.12. The largest absolute Gasteiger partial charge is 0.325 e. The lowest BCUT2D eigenvalue weighted by Crippen LogP contribution is -2.54. The molecule has 1 saturated carbocycles. The molecule has 0 unspecified atom stereocenters. The van der Waals surface area contributed by atoms with Crippen molar-refractivity contribution in [3.63, 3.8) is 0 Å². The topological polar surface area (TPSA) is 85.2 Å². The van der Waals surface area contributed by atoms with Crippen LogP contribution in [0.3, 0.4) is 0 Å². The number of hydrogen-bond acceptors (Lipinski definition) is 4. The smallest absolute Gasteiger partial charge is 0.323 e. The number of piperidine rings is 1. The SMILES string of the molecule is N#CCC1(CN2C(=O)NC3(CCNCC3)C2=O)CC1. The Balaban J connectivity index is 1.75. The molecular formula is C13H18N4O2. The molecule has 0 atom stereocenters. The number of nitriles is 1. The fourth-order valence-electron chi connectivity index (χ4n) is 3.08. The highest BCUT2D eigenvalue weighted by Crippen LogP contribution is 2.49. The summed E-state index contributed by atoms with van der Waals surface area (Å²) in [6, 6.07) is 1.88. The van der Waals surface area contributed by atoms with Gasteiger partial charge in [0.1, 0.15) is 5.54 Å². The Morgan fingerprint density at radius 1 is 1.21 bits per heavy atom. The van der Waals surface area contributed by atoms with Gasteiger partial charge in [0.15, 0.2) is 0 Å². The van der Waals surface area contributed by atoms with E-state index in [1.165, 1.54) is 4.90 Å². The second kappa shape index (κ2) is 4.20. The lowest BCUT2D eigenvalue weighted by molar-refractivity contribution is -0.132. The third kappa shape index (κ3) is 1.98. The highest BCUT2D eigenvalue weighted by Gasteiger charge is 2.55. The normalized spacial score (nSPS) is 27.2. The van der Waals surface area contributed by atoms with Gasteiger partial charge in [0, 0.05) is 18.4 Å². The Hall–Kier alpha value is -1.61. The zero-order chi connectivity index (χ0) is 13.5. The van der Waals surface area contributed by atoms with Gasteiger partial charge in [-0.25, -0.2) is 4.79 Å². The van der Waals surface area contributed by atoms with E-state index in [0.717, 1.165) is 25.9 Å². The summed E-state index contributed by atoms with van der Waals surface area (Å²) in [5.41, 5.74) is -0.814. The average molecular weight is 262 g/mol. The number of nitrogens with one attached hydrogen (secondary N) is 2. The van der Waals surface area contributed by atoms with Gasteiger partial charge in [-0.2, -0.15) is 5.26 Å². The molecule has 2 N–H and O–H groups in total. The van der Waals surface area contributed by atoms with Gasteiger partial charge in [-0.3, -0.25) is 9.69 Å². The number of nitrogens with zero attached hydrogens (tertiary/aromatic N) is 2.